The highest BCUT2D eigenvalue weighted by Gasteiger charge is 2.12. The Bertz CT molecular complexity index is 412. The normalized spacial score (nSPS) is 10.3. The number of urea groups is 1. The number of nitrogens with one attached hydrogen (secondary N) is 1. The predicted molar refractivity (Wildman–Crippen MR) is 85.8 cm³/mol. The number of aliphatic hydroxyl groups excluding tert-OH is 1. The van der Waals surface area contributed by atoms with E-state index >= 15 is 0 Å². The molecule has 118 valence electrons. The summed E-state index contributed by atoms with van der Waals surface area (Å²) in [6.45, 7) is 3.44. The van der Waals surface area contributed by atoms with Crippen molar-refractivity contribution in [1.29, 1.82) is 0 Å². The molecule has 0 bridgehead atoms. The number of nitrogens with zero attached hydrogens (tertiary/aromatic N) is 3. The minimum absolute atomic E-state index is 0.0923. The quantitative estimate of drug-likeness (QED) is 0.771. The van der Waals surface area contributed by atoms with Crippen LogP contribution in [-0.4, -0.2) is 54.8 Å². The van der Waals surface area contributed by atoms with E-state index in [1.165, 1.54) is 0 Å². The summed E-state index contributed by atoms with van der Waals surface area (Å²) in [7, 11) is 3.84. The number of unbranched alkanes of at least 4 members (excludes halogenated alkanes) is 1. The molecule has 0 aromatic carbocycles. The smallest absolute Gasteiger partial charge is 0.321 e. The number of rotatable bonds is 8. The van der Waals surface area contributed by atoms with Crippen LogP contribution >= 0.6 is 0 Å². The highest BCUT2D eigenvalue weighted by atomic mass is 16.3. The molecule has 1 aromatic heterocycles. The Hall–Kier alpha value is -1.82. The van der Waals surface area contributed by atoms with Crippen LogP contribution in [0.3, 0.4) is 0 Å². The fourth-order valence-electron chi connectivity index (χ4n) is 1.85. The molecule has 0 aliphatic rings. The molecule has 0 fully saturated rings. The molecule has 0 saturated carbocycles. The van der Waals surface area contributed by atoms with Gasteiger partial charge in [-0.2, -0.15) is 0 Å². The van der Waals surface area contributed by atoms with Crippen molar-refractivity contribution in [3.63, 3.8) is 0 Å². The van der Waals surface area contributed by atoms with Crippen molar-refractivity contribution >= 4 is 17.5 Å². The van der Waals surface area contributed by atoms with Crippen LogP contribution in [0.4, 0.5) is 16.3 Å². The fourth-order valence-corrected chi connectivity index (χ4v) is 1.85. The second kappa shape index (κ2) is 9.18. The summed E-state index contributed by atoms with van der Waals surface area (Å²) in [4.78, 5) is 20.1. The summed E-state index contributed by atoms with van der Waals surface area (Å²) in [6, 6.07) is 3.56. The third kappa shape index (κ3) is 5.99. The Morgan fingerprint density at radius 2 is 2.00 bits per heavy atom. The number of pyridine rings is 1. The van der Waals surface area contributed by atoms with E-state index in [0.29, 0.717) is 25.2 Å². The van der Waals surface area contributed by atoms with E-state index in [-0.39, 0.29) is 12.6 Å². The Balaban J connectivity index is 2.62. The van der Waals surface area contributed by atoms with Crippen molar-refractivity contribution < 1.29 is 9.90 Å². The second-order valence-electron chi connectivity index (χ2n) is 5.15. The van der Waals surface area contributed by atoms with Crippen molar-refractivity contribution in [3.8, 4) is 0 Å². The van der Waals surface area contributed by atoms with Gasteiger partial charge in [-0.15, -0.1) is 0 Å². The number of amides is 2. The van der Waals surface area contributed by atoms with Crippen molar-refractivity contribution in [2.24, 2.45) is 0 Å². The molecule has 1 aromatic rings. The largest absolute Gasteiger partial charge is 0.396 e. The highest BCUT2D eigenvalue weighted by Crippen LogP contribution is 2.12. The minimum Gasteiger partial charge on any atom is -0.396 e. The number of anilines is 2. The van der Waals surface area contributed by atoms with Gasteiger partial charge in [-0.05, 0) is 25.0 Å². The Morgan fingerprint density at radius 3 is 2.52 bits per heavy atom. The van der Waals surface area contributed by atoms with Gasteiger partial charge in [-0.1, -0.05) is 13.3 Å². The zero-order valence-corrected chi connectivity index (χ0v) is 13.2. The maximum absolute atomic E-state index is 12.2. The van der Waals surface area contributed by atoms with E-state index in [9.17, 15) is 4.79 Å². The van der Waals surface area contributed by atoms with Crippen molar-refractivity contribution in [1.82, 2.24) is 9.88 Å². The van der Waals surface area contributed by atoms with Crippen LogP contribution in [0.25, 0.3) is 0 Å². The van der Waals surface area contributed by atoms with Gasteiger partial charge in [0.1, 0.15) is 5.82 Å². The molecule has 0 aliphatic carbocycles. The molecule has 0 spiro atoms. The maximum Gasteiger partial charge on any atom is 0.321 e. The van der Waals surface area contributed by atoms with Crippen LogP contribution in [-0.2, 0) is 0 Å². The third-order valence-corrected chi connectivity index (χ3v) is 3.11. The van der Waals surface area contributed by atoms with E-state index < -0.39 is 0 Å². The molecule has 0 saturated heterocycles. The lowest BCUT2D eigenvalue weighted by Gasteiger charge is -2.22. The summed E-state index contributed by atoms with van der Waals surface area (Å²) < 4.78 is 0. The number of hydrogen-bond donors (Lipinski definition) is 2. The van der Waals surface area contributed by atoms with Gasteiger partial charge in [0, 0.05) is 33.8 Å². The average Bonchev–Trinajstić information content (AvgIpc) is 2.47. The van der Waals surface area contributed by atoms with Gasteiger partial charge in [0.05, 0.1) is 11.9 Å². The van der Waals surface area contributed by atoms with Gasteiger partial charge in [-0.3, -0.25) is 0 Å². The van der Waals surface area contributed by atoms with Gasteiger partial charge in [0.15, 0.2) is 0 Å². The SMILES string of the molecule is CCCCN(CCCO)C(=O)Nc1ccc(N(C)C)nc1. The van der Waals surface area contributed by atoms with E-state index in [0.717, 1.165) is 18.7 Å². The molecule has 1 rings (SSSR count). The van der Waals surface area contributed by atoms with E-state index in [1.807, 2.05) is 31.1 Å². The standard InChI is InChI=1S/C15H26N4O2/c1-4-5-9-19(10-6-11-20)15(21)17-13-7-8-14(16-12-13)18(2)3/h7-8,12,20H,4-6,9-11H2,1-3H3,(H,17,21). The van der Waals surface area contributed by atoms with Gasteiger partial charge < -0.3 is 20.2 Å². The van der Waals surface area contributed by atoms with Crippen molar-refractivity contribution in [2.45, 2.75) is 26.2 Å². The number of hydrogen-bond acceptors (Lipinski definition) is 4. The highest BCUT2D eigenvalue weighted by molar-refractivity contribution is 5.89. The van der Waals surface area contributed by atoms with Gasteiger partial charge in [0.25, 0.3) is 0 Å². The molecule has 0 atom stereocenters. The van der Waals surface area contributed by atoms with Crippen LogP contribution in [0.2, 0.25) is 0 Å². The molecule has 2 amide bonds. The Labute approximate surface area is 126 Å². The minimum atomic E-state index is -0.142. The van der Waals surface area contributed by atoms with Crippen LogP contribution in [0.5, 0.6) is 0 Å². The molecule has 2 N–H and O–H groups in total. The van der Waals surface area contributed by atoms with E-state index in [2.05, 4.69) is 17.2 Å². The number of aliphatic hydroxyl groups is 1. The Kier molecular flexibility index (Phi) is 7.53. The molecule has 0 unspecified atom stereocenters. The Morgan fingerprint density at radius 1 is 1.29 bits per heavy atom. The molecule has 6 heteroatoms. The van der Waals surface area contributed by atoms with E-state index in [1.54, 1.807) is 11.1 Å². The molecule has 1 heterocycles. The third-order valence-electron chi connectivity index (χ3n) is 3.11. The summed E-state index contributed by atoms with van der Waals surface area (Å²) in [5.74, 6) is 0.844. The van der Waals surface area contributed by atoms with Gasteiger partial charge in [0.2, 0.25) is 0 Å². The zero-order valence-electron chi connectivity index (χ0n) is 13.2. The number of aromatic nitrogens is 1. The first-order valence-corrected chi connectivity index (χ1v) is 7.38. The van der Waals surface area contributed by atoms with Crippen molar-refractivity contribution in [3.05, 3.63) is 18.3 Å². The lowest BCUT2D eigenvalue weighted by molar-refractivity contribution is 0.201. The second-order valence-corrected chi connectivity index (χ2v) is 5.15. The van der Waals surface area contributed by atoms with E-state index in [4.69, 9.17) is 5.11 Å². The van der Waals surface area contributed by atoms with Crippen molar-refractivity contribution in [2.75, 3.05) is 44.0 Å². The molecular formula is C15H26N4O2. The summed E-state index contributed by atoms with van der Waals surface area (Å²) in [5, 5.41) is 11.8. The van der Waals surface area contributed by atoms with Crippen LogP contribution in [0.15, 0.2) is 18.3 Å². The summed E-state index contributed by atoms with van der Waals surface area (Å²) >= 11 is 0. The summed E-state index contributed by atoms with van der Waals surface area (Å²) in [5.41, 5.74) is 0.677. The maximum atomic E-state index is 12.2. The van der Waals surface area contributed by atoms with Crippen LogP contribution in [0, 0.1) is 0 Å². The molecule has 0 radical (unpaired) electrons. The molecule has 21 heavy (non-hydrogen) atoms. The lowest BCUT2D eigenvalue weighted by Crippen LogP contribution is -2.36. The fraction of sp³-hybridized carbons (Fsp3) is 0.600. The first-order valence-electron chi connectivity index (χ1n) is 7.38. The molecular weight excluding hydrogens is 268 g/mol. The number of carbonyl (C=O) groups excluding carboxylic acids is 1. The zero-order chi connectivity index (χ0) is 15.7. The topological polar surface area (TPSA) is 68.7 Å². The monoisotopic (exact) mass is 294 g/mol. The molecule has 6 nitrogen and oxygen atoms in total. The predicted octanol–water partition coefficient (Wildman–Crippen LogP) is 2.16. The first-order chi connectivity index (χ1) is 10.1. The van der Waals surface area contributed by atoms with Gasteiger partial charge in [-0.25, -0.2) is 9.78 Å². The summed E-state index contributed by atoms with van der Waals surface area (Å²) in [6.07, 6.45) is 4.23. The van der Waals surface area contributed by atoms with Crippen LogP contribution < -0.4 is 10.2 Å². The lowest BCUT2D eigenvalue weighted by atomic mass is 10.3. The average molecular weight is 294 g/mol. The first kappa shape index (κ1) is 17.2. The van der Waals surface area contributed by atoms with Gasteiger partial charge >= 0.3 is 6.03 Å². The molecule has 0 aliphatic heterocycles. The number of carbonyl (C=O) groups is 1. The van der Waals surface area contributed by atoms with Crippen LogP contribution in [0.1, 0.15) is 26.2 Å².